The Labute approximate surface area is 282 Å². The average Bonchev–Trinajstić information content (AvgIpc) is 3.84. The van der Waals surface area contributed by atoms with Crippen molar-refractivity contribution < 1.29 is 14.4 Å². The second-order valence-corrected chi connectivity index (χ2v) is 13.7. The molecule has 2 aliphatic heterocycles. The van der Waals surface area contributed by atoms with Crippen LogP contribution in [0, 0.1) is 30.6 Å². The van der Waals surface area contributed by atoms with Crippen molar-refractivity contribution in [3.05, 3.63) is 89.0 Å². The lowest BCUT2D eigenvalue weighted by Gasteiger charge is -2.27. The normalized spacial score (nSPS) is 21.1. The first-order chi connectivity index (χ1) is 23.4. The molecule has 0 aromatic heterocycles. The van der Waals surface area contributed by atoms with E-state index in [-0.39, 0.29) is 29.8 Å². The lowest BCUT2D eigenvalue weighted by Crippen LogP contribution is -2.31. The molecule has 1 saturated carbocycles. The fourth-order valence-electron chi connectivity index (χ4n) is 7.25. The van der Waals surface area contributed by atoms with E-state index in [1.54, 1.807) is 0 Å². The highest BCUT2D eigenvalue weighted by atomic mass is 16.2. The molecule has 3 aromatic rings. The number of anilines is 1. The zero-order valence-electron chi connectivity index (χ0n) is 27.8. The molecule has 3 aliphatic rings. The van der Waals surface area contributed by atoms with Crippen molar-refractivity contribution in [2.24, 2.45) is 44.6 Å². The number of carbonyl (C=O) groups is 3. The number of nitrogens with zero attached hydrogens (tertiary/aromatic N) is 3. The van der Waals surface area contributed by atoms with Crippen LogP contribution in [0.2, 0.25) is 0 Å². The summed E-state index contributed by atoms with van der Waals surface area (Å²) >= 11 is 0. The van der Waals surface area contributed by atoms with Crippen LogP contribution in [0.3, 0.4) is 0 Å². The van der Waals surface area contributed by atoms with E-state index in [0.29, 0.717) is 49.4 Å². The van der Waals surface area contributed by atoms with Crippen LogP contribution in [-0.2, 0) is 16.0 Å². The highest BCUT2D eigenvalue weighted by molar-refractivity contribution is 6.01. The van der Waals surface area contributed by atoms with Gasteiger partial charge in [0.2, 0.25) is 5.91 Å². The predicted molar refractivity (Wildman–Crippen MR) is 189 cm³/mol. The molecule has 1 aliphatic carbocycles. The van der Waals surface area contributed by atoms with Gasteiger partial charge < -0.3 is 16.4 Å². The summed E-state index contributed by atoms with van der Waals surface area (Å²) in [5, 5.41) is 14.3. The van der Waals surface area contributed by atoms with Crippen molar-refractivity contribution in [1.29, 1.82) is 0 Å². The largest absolute Gasteiger partial charge is 0.330 e. The van der Waals surface area contributed by atoms with E-state index in [9.17, 15) is 14.4 Å². The van der Waals surface area contributed by atoms with Gasteiger partial charge >= 0.3 is 0 Å². The Balaban J connectivity index is 1.14. The maximum Gasteiger partial charge on any atom is 0.228 e. The number of aryl methyl sites for hydroxylation is 1. The minimum Gasteiger partial charge on any atom is -0.330 e. The summed E-state index contributed by atoms with van der Waals surface area (Å²) < 4.78 is 0. The molecule has 3 aromatic carbocycles. The summed E-state index contributed by atoms with van der Waals surface area (Å²) in [5.41, 5.74) is 12.3. The van der Waals surface area contributed by atoms with E-state index in [0.717, 1.165) is 78.6 Å². The molecule has 0 spiro atoms. The minimum absolute atomic E-state index is 0.0150. The van der Waals surface area contributed by atoms with Gasteiger partial charge in [-0.3, -0.25) is 14.4 Å². The Morgan fingerprint density at radius 3 is 2.31 bits per heavy atom. The number of hydrogen-bond donors (Lipinski definition) is 3. The summed E-state index contributed by atoms with van der Waals surface area (Å²) in [5.74, 6) is 1.16. The third-order valence-electron chi connectivity index (χ3n) is 10.2. The van der Waals surface area contributed by atoms with Crippen molar-refractivity contribution in [1.82, 2.24) is 5.32 Å². The Bertz CT molecular complexity index is 1670. The number of aliphatic imine (C=N–C) groups is 1. The molecule has 9 heteroatoms. The second kappa shape index (κ2) is 15.7. The fraction of sp³-hybridized carbons (Fsp3) is 0.436. The molecule has 2 heterocycles. The number of azo groups is 1. The number of benzene rings is 3. The van der Waals surface area contributed by atoms with Gasteiger partial charge in [-0.2, -0.15) is 5.11 Å². The monoisotopic (exact) mass is 646 g/mol. The van der Waals surface area contributed by atoms with E-state index < -0.39 is 5.92 Å². The zero-order chi connectivity index (χ0) is 33.5. The number of hydrogen-bond acceptors (Lipinski definition) is 8. The Hall–Kier alpha value is -4.34. The first kappa shape index (κ1) is 33.6. The van der Waals surface area contributed by atoms with Gasteiger partial charge in [-0.15, -0.1) is 5.11 Å². The highest BCUT2D eigenvalue weighted by Crippen LogP contribution is 2.32. The molecule has 2 fully saturated rings. The van der Waals surface area contributed by atoms with Gasteiger partial charge in [0.1, 0.15) is 5.78 Å². The van der Waals surface area contributed by atoms with Crippen LogP contribution in [0.5, 0.6) is 0 Å². The SMILES string of the molecule is Cc1cc(C(=O)C[C@@H]2CCNC2)ccc1-c1ccc(C[C@H](CC(=O)C2CCC(CN)CC2)C(=O)Nc2ccc(C3=NCN=N3)cc2)cc1. The quantitative estimate of drug-likeness (QED) is 0.181. The van der Waals surface area contributed by atoms with Crippen LogP contribution in [-0.4, -0.2) is 49.6 Å². The summed E-state index contributed by atoms with van der Waals surface area (Å²) in [6.45, 7) is 4.95. The first-order valence-corrected chi connectivity index (χ1v) is 17.4. The molecular formula is C39H46N6O3. The summed E-state index contributed by atoms with van der Waals surface area (Å²) in [6, 6.07) is 21.6. The number of amides is 1. The third-order valence-corrected chi connectivity index (χ3v) is 10.2. The molecule has 2 atom stereocenters. The molecule has 0 unspecified atom stereocenters. The van der Waals surface area contributed by atoms with Crippen LogP contribution in [0.15, 0.2) is 82.0 Å². The number of carbonyl (C=O) groups excluding carboxylic acids is 3. The summed E-state index contributed by atoms with van der Waals surface area (Å²) in [4.78, 5) is 44.4. The van der Waals surface area contributed by atoms with Crippen LogP contribution < -0.4 is 16.4 Å². The second-order valence-electron chi connectivity index (χ2n) is 13.7. The van der Waals surface area contributed by atoms with Crippen LogP contribution in [0.1, 0.15) is 72.0 Å². The maximum atomic E-state index is 13.7. The number of rotatable bonds is 13. The number of amidine groups is 1. The van der Waals surface area contributed by atoms with Crippen LogP contribution >= 0.6 is 0 Å². The zero-order valence-corrected chi connectivity index (χ0v) is 27.8. The van der Waals surface area contributed by atoms with Crippen molar-refractivity contribution in [2.45, 2.75) is 58.3 Å². The number of nitrogens with two attached hydrogens (primary N) is 1. The number of nitrogens with one attached hydrogen (secondary N) is 2. The smallest absolute Gasteiger partial charge is 0.228 e. The Morgan fingerprint density at radius 1 is 0.917 bits per heavy atom. The van der Waals surface area contributed by atoms with Crippen LogP contribution in [0.25, 0.3) is 11.1 Å². The van der Waals surface area contributed by atoms with E-state index in [2.05, 4.69) is 38.0 Å². The number of Topliss-reactive ketones (excluding diaryl/α,β-unsaturated/α-hetero) is 2. The Morgan fingerprint density at radius 2 is 1.67 bits per heavy atom. The van der Waals surface area contributed by atoms with Crippen molar-refractivity contribution in [3.8, 4) is 11.1 Å². The van der Waals surface area contributed by atoms with Gasteiger partial charge in [-0.05, 0) is 130 Å². The van der Waals surface area contributed by atoms with E-state index in [4.69, 9.17) is 5.73 Å². The standard InChI is InChI=1S/C39H46N6O3/c1-25-18-32(36(46)20-28-16-17-41-23-28)12-15-35(25)29-6-2-26(3-7-29)19-33(21-37(47)30-8-4-27(22-40)5-9-30)39(48)44-34-13-10-31(11-14-34)38-42-24-43-45-38/h2-3,6-7,10-15,18,27-28,30,33,41H,4-5,8-9,16-17,19-24,40H2,1H3,(H,44,48)/t27?,28-,30?,33+/m0/s1. The summed E-state index contributed by atoms with van der Waals surface area (Å²) in [6.07, 6.45) is 5.91. The molecular weight excluding hydrogens is 600 g/mol. The van der Waals surface area contributed by atoms with E-state index in [1.807, 2.05) is 61.5 Å². The molecule has 1 amide bonds. The molecule has 0 radical (unpaired) electrons. The van der Waals surface area contributed by atoms with Gasteiger partial charge in [0, 0.05) is 41.5 Å². The number of ketones is 2. The lowest BCUT2D eigenvalue weighted by atomic mass is 9.77. The van der Waals surface area contributed by atoms with Crippen molar-refractivity contribution in [3.63, 3.8) is 0 Å². The third kappa shape index (κ3) is 8.38. The fourth-order valence-corrected chi connectivity index (χ4v) is 7.25. The van der Waals surface area contributed by atoms with E-state index in [1.165, 1.54) is 0 Å². The first-order valence-electron chi connectivity index (χ1n) is 17.4. The average molecular weight is 647 g/mol. The Kier molecular flexibility index (Phi) is 11.0. The molecule has 250 valence electrons. The van der Waals surface area contributed by atoms with Gasteiger partial charge in [-0.25, -0.2) is 4.99 Å². The van der Waals surface area contributed by atoms with Crippen molar-refractivity contribution in [2.75, 3.05) is 31.6 Å². The molecule has 1 saturated heterocycles. The van der Waals surface area contributed by atoms with E-state index >= 15 is 0 Å². The molecule has 9 nitrogen and oxygen atoms in total. The van der Waals surface area contributed by atoms with Crippen LogP contribution in [0.4, 0.5) is 5.69 Å². The topological polar surface area (TPSA) is 138 Å². The van der Waals surface area contributed by atoms with Gasteiger partial charge in [0.25, 0.3) is 0 Å². The lowest BCUT2D eigenvalue weighted by molar-refractivity contribution is -0.129. The van der Waals surface area contributed by atoms with Gasteiger partial charge in [0.05, 0.1) is 0 Å². The minimum atomic E-state index is -0.509. The predicted octanol–water partition coefficient (Wildman–Crippen LogP) is 6.54. The van der Waals surface area contributed by atoms with Gasteiger partial charge in [0.15, 0.2) is 18.3 Å². The molecule has 4 N–H and O–H groups in total. The summed E-state index contributed by atoms with van der Waals surface area (Å²) in [7, 11) is 0. The molecule has 6 rings (SSSR count). The van der Waals surface area contributed by atoms with Crippen molar-refractivity contribution >= 4 is 29.0 Å². The highest BCUT2D eigenvalue weighted by Gasteiger charge is 2.30. The molecule has 0 bridgehead atoms. The maximum absolute atomic E-state index is 13.7. The molecule has 48 heavy (non-hydrogen) atoms. The van der Waals surface area contributed by atoms with Gasteiger partial charge in [-0.1, -0.05) is 36.4 Å².